The number of nitrogens with zero attached hydrogens (tertiary/aromatic N) is 1. The van der Waals surface area contributed by atoms with Gasteiger partial charge in [-0.2, -0.15) is 0 Å². The van der Waals surface area contributed by atoms with Crippen LogP contribution in [-0.4, -0.2) is 26.6 Å². The van der Waals surface area contributed by atoms with E-state index in [4.69, 9.17) is 11.6 Å². The van der Waals surface area contributed by atoms with E-state index in [1.165, 1.54) is 0 Å². The van der Waals surface area contributed by atoms with Crippen LogP contribution < -0.4 is 9.62 Å². The Morgan fingerprint density at radius 3 is 2.31 bits per heavy atom. The molecule has 2 rings (SSSR count). The van der Waals surface area contributed by atoms with Gasteiger partial charge in [0, 0.05) is 10.7 Å². The maximum absolute atomic E-state index is 12.8. The Labute approximate surface area is 160 Å². The Balaban J connectivity index is 2.39. The number of nitrogens with one attached hydrogen (secondary N) is 1. The van der Waals surface area contributed by atoms with Gasteiger partial charge in [0.1, 0.15) is 6.04 Å². The third-order valence-corrected chi connectivity index (χ3v) is 5.60. The van der Waals surface area contributed by atoms with Gasteiger partial charge in [-0.05, 0) is 68.7 Å². The minimum atomic E-state index is -3.66. The van der Waals surface area contributed by atoms with Crippen molar-refractivity contribution in [3.63, 3.8) is 0 Å². The standard InChI is InChI=1S/C19H23ClN2O3S/c1-12-6-7-13(2)18(10-12)22(26(5,24)25)15(4)19(23)21-17-9-8-16(20)11-14(17)3/h6-11,15H,1-5H3,(H,21,23)/t15-/m0/s1. The molecule has 0 saturated heterocycles. The fourth-order valence-corrected chi connectivity index (χ4v) is 4.19. The van der Waals surface area contributed by atoms with Crippen LogP contribution in [-0.2, 0) is 14.8 Å². The minimum absolute atomic E-state index is 0.415. The van der Waals surface area contributed by atoms with Crippen LogP contribution in [0.3, 0.4) is 0 Å². The van der Waals surface area contributed by atoms with Gasteiger partial charge in [-0.3, -0.25) is 9.10 Å². The van der Waals surface area contributed by atoms with Gasteiger partial charge in [-0.25, -0.2) is 8.42 Å². The molecule has 0 spiro atoms. The number of carbonyl (C=O) groups excluding carboxylic acids is 1. The summed E-state index contributed by atoms with van der Waals surface area (Å²) in [4.78, 5) is 12.8. The zero-order valence-electron chi connectivity index (χ0n) is 15.5. The second kappa shape index (κ2) is 7.68. The van der Waals surface area contributed by atoms with E-state index in [0.29, 0.717) is 16.4 Å². The summed E-state index contributed by atoms with van der Waals surface area (Å²) < 4.78 is 26.0. The van der Waals surface area contributed by atoms with Gasteiger partial charge in [0.15, 0.2) is 0 Å². The quantitative estimate of drug-likeness (QED) is 0.831. The van der Waals surface area contributed by atoms with Crippen LogP contribution >= 0.6 is 11.6 Å². The molecule has 7 heteroatoms. The number of hydrogen-bond donors (Lipinski definition) is 1. The van der Waals surface area contributed by atoms with Crippen LogP contribution in [0.25, 0.3) is 0 Å². The van der Waals surface area contributed by atoms with Crippen LogP contribution in [0, 0.1) is 20.8 Å². The summed E-state index contributed by atoms with van der Waals surface area (Å²) in [6, 6.07) is 9.71. The van der Waals surface area contributed by atoms with E-state index in [9.17, 15) is 13.2 Å². The van der Waals surface area contributed by atoms with Crippen LogP contribution in [0.1, 0.15) is 23.6 Å². The molecule has 0 aromatic heterocycles. The topological polar surface area (TPSA) is 66.5 Å². The zero-order chi connectivity index (χ0) is 19.6. The number of hydrogen-bond acceptors (Lipinski definition) is 3. The van der Waals surface area contributed by atoms with Crippen molar-refractivity contribution in [3.8, 4) is 0 Å². The summed E-state index contributed by atoms with van der Waals surface area (Å²) in [5.41, 5.74) is 3.60. The van der Waals surface area contributed by atoms with Gasteiger partial charge in [-0.1, -0.05) is 23.7 Å². The Bertz CT molecular complexity index is 942. The molecule has 0 unspecified atom stereocenters. The van der Waals surface area contributed by atoms with Crippen molar-refractivity contribution >= 4 is 38.9 Å². The van der Waals surface area contributed by atoms with Crippen LogP contribution in [0.2, 0.25) is 5.02 Å². The Hall–Kier alpha value is -2.05. The average Bonchev–Trinajstić information content (AvgIpc) is 2.52. The largest absolute Gasteiger partial charge is 0.324 e. The van der Waals surface area contributed by atoms with Crippen LogP contribution in [0.15, 0.2) is 36.4 Å². The van der Waals surface area contributed by atoms with Gasteiger partial charge in [-0.15, -0.1) is 0 Å². The number of rotatable bonds is 5. The van der Waals surface area contributed by atoms with Gasteiger partial charge in [0.05, 0.1) is 11.9 Å². The lowest BCUT2D eigenvalue weighted by atomic mass is 10.1. The van der Waals surface area contributed by atoms with Crippen molar-refractivity contribution < 1.29 is 13.2 Å². The molecule has 0 heterocycles. The van der Waals surface area contributed by atoms with Crippen molar-refractivity contribution in [2.45, 2.75) is 33.7 Å². The Kier molecular flexibility index (Phi) is 5.98. The van der Waals surface area contributed by atoms with Crippen molar-refractivity contribution in [3.05, 3.63) is 58.1 Å². The first kappa shape index (κ1) is 20.3. The minimum Gasteiger partial charge on any atom is -0.324 e. The number of amides is 1. The van der Waals surface area contributed by atoms with Crippen LogP contribution in [0.5, 0.6) is 0 Å². The number of anilines is 2. The average molecular weight is 395 g/mol. The second-order valence-electron chi connectivity index (χ2n) is 6.47. The van der Waals surface area contributed by atoms with E-state index in [1.54, 1.807) is 31.2 Å². The monoisotopic (exact) mass is 394 g/mol. The van der Waals surface area contributed by atoms with Crippen molar-refractivity contribution in [2.24, 2.45) is 0 Å². The number of benzene rings is 2. The molecular weight excluding hydrogens is 372 g/mol. The lowest BCUT2D eigenvalue weighted by Gasteiger charge is -2.30. The molecule has 1 atom stereocenters. The predicted octanol–water partition coefficient (Wildman–Crippen LogP) is 4.06. The van der Waals surface area contributed by atoms with E-state index >= 15 is 0 Å². The molecular formula is C19H23ClN2O3S. The summed E-state index contributed by atoms with van der Waals surface area (Å²) in [7, 11) is -3.66. The first-order valence-corrected chi connectivity index (χ1v) is 10.4. The van der Waals surface area contributed by atoms with Crippen LogP contribution in [0.4, 0.5) is 11.4 Å². The van der Waals surface area contributed by atoms with Crippen molar-refractivity contribution in [1.82, 2.24) is 0 Å². The maximum Gasteiger partial charge on any atom is 0.248 e. The zero-order valence-corrected chi connectivity index (χ0v) is 17.1. The molecule has 0 aliphatic carbocycles. The molecule has 0 bridgehead atoms. The number of halogens is 1. The van der Waals surface area contributed by atoms with Crippen molar-refractivity contribution in [2.75, 3.05) is 15.9 Å². The van der Waals surface area contributed by atoms with Gasteiger partial charge < -0.3 is 5.32 Å². The highest BCUT2D eigenvalue weighted by Crippen LogP contribution is 2.27. The molecule has 2 aromatic rings. The highest BCUT2D eigenvalue weighted by atomic mass is 35.5. The summed E-state index contributed by atoms with van der Waals surface area (Å²) >= 11 is 5.94. The predicted molar refractivity (Wildman–Crippen MR) is 108 cm³/mol. The molecule has 5 nitrogen and oxygen atoms in total. The number of sulfonamides is 1. The molecule has 0 aliphatic heterocycles. The first-order valence-electron chi connectivity index (χ1n) is 8.14. The molecule has 2 aromatic carbocycles. The smallest absolute Gasteiger partial charge is 0.248 e. The SMILES string of the molecule is Cc1ccc(C)c(N([C@@H](C)C(=O)Nc2ccc(Cl)cc2C)S(C)(=O)=O)c1. The molecule has 0 radical (unpaired) electrons. The normalized spacial score (nSPS) is 12.5. The lowest BCUT2D eigenvalue weighted by molar-refractivity contribution is -0.116. The number of aryl methyl sites for hydroxylation is 3. The summed E-state index contributed by atoms with van der Waals surface area (Å²) in [5, 5.41) is 3.36. The van der Waals surface area contributed by atoms with E-state index in [1.807, 2.05) is 32.9 Å². The second-order valence-corrected chi connectivity index (χ2v) is 8.77. The third kappa shape index (κ3) is 4.56. The summed E-state index contributed by atoms with van der Waals surface area (Å²) in [6.07, 6.45) is 1.10. The highest BCUT2D eigenvalue weighted by molar-refractivity contribution is 7.92. The summed E-state index contributed by atoms with van der Waals surface area (Å²) in [5.74, 6) is -0.415. The van der Waals surface area contributed by atoms with Gasteiger partial charge >= 0.3 is 0 Å². The molecule has 1 N–H and O–H groups in total. The van der Waals surface area contributed by atoms with Gasteiger partial charge in [0.25, 0.3) is 0 Å². The van der Waals surface area contributed by atoms with E-state index < -0.39 is 22.0 Å². The molecule has 140 valence electrons. The summed E-state index contributed by atoms with van der Waals surface area (Å²) in [6.45, 7) is 7.10. The molecule has 26 heavy (non-hydrogen) atoms. The maximum atomic E-state index is 12.8. The highest BCUT2D eigenvalue weighted by Gasteiger charge is 2.30. The molecule has 0 aliphatic rings. The van der Waals surface area contributed by atoms with Crippen molar-refractivity contribution in [1.29, 1.82) is 0 Å². The lowest BCUT2D eigenvalue weighted by Crippen LogP contribution is -2.45. The molecule has 0 fully saturated rings. The Morgan fingerprint density at radius 1 is 1.08 bits per heavy atom. The van der Waals surface area contributed by atoms with E-state index in [-0.39, 0.29) is 0 Å². The fourth-order valence-electron chi connectivity index (χ4n) is 2.74. The number of carbonyl (C=O) groups is 1. The van der Waals surface area contributed by atoms with E-state index in [2.05, 4.69) is 5.32 Å². The first-order chi connectivity index (χ1) is 12.0. The Morgan fingerprint density at radius 2 is 1.73 bits per heavy atom. The third-order valence-electron chi connectivity index (χ3n) is 4.14. The molecule has 1 amide bonds. The van der Waals surface area contributed by atoms with E-state index in [0.717, 1.165) is 27.3 Å². The van der Waals surface area contributed by atoms with Gasteiger partial charge in [0.2, 0.25) is 15.9 Å². The fraction of sp³-hybridized carbons (Fsp3) is 0.316. The molecule has 0 saturated carbocycles.